The number of rotatable bonds is 5. The average Bonchev–Trinajstić information content (AvgIpc) is 3.27. The van der Waals surface area contributed by atoms with Crippen LogP contribution in [0.3, 0.4) is 0 Å². The van der Waals surface area contributed by atoms with Gasteiger partial charge in [-0.05, 0) is 55.7 Å². The lowest BCUT2D eigenvalue weighted by Gasteiger charge is -2.15. The van der Waals surface area contributed by atoms with Crippen molar-refractivity contribution >= 4 is 21.6 Å². The number of benzene rings is 2. The van der Waals surface area contributed by atoms with Crippen molar-refractivity contribution in [3.8, 4) is 6.07 Å². The summed E-state index contributed by atoms with van der Waals surface area (Å²) in [5.41, 5.74) is 4.54. The zero-order chi connectivity index (χ0) is 20.1. The van der Waals surface area contributed by atoms with E-state index in [9.17, 15) is 13.2 Å². The Morgan fingerprint density at radius 2 is 1.79 bits per heavy atom. The molecule has 0 unspecified atom stereocenters. The maximum atomic E-state index is 12.7. The van der Waals surface area contributed by atoms with Gasteiger partial charge in [0.15, 0.2) is 0 Å². The Morgan fingerprint density at radius 1 is 1.11 bits per heavy atom. The van der Waals surface area contributed by atoms with E-state index in [0.717, 1.165) is 18.4 Å². The lowest BCUT2D eigenvalue weighted by atomic mass is 10.1. The van der Waals surface area contributed by atoms with Crippen LogP contribution in [0.5, 0.6) is 0 Å². The number of nitrogens with one attached hydrogen (secondary N) is 1. The Bertz CT molecular complexity index is 1050. The fourth-order valence-corrected chi connectivity index (χ4v) is 4.49. The van der Waals surface area contributed by atoms with Crippen molar-refractivity contribution in [1.29, 1.82) is 5.26 Å². The molecule has 3 rings (SSSR count). The second-order valence-corrected chi connectivity index (χ2v) is 8.40. The zero-order valence-corrected chi connectivity index (χ0v) is 16.2. The molecule has 1 fully saturated rings. The standard InChI is InChI=1S/C20H20N4O3S/c1-15(17-9-7-16(14-21)8-10-17)22-23-20(25)18-5-4-6-19(13-18)28(26,27)24-11-2-3-12-24/h4-10,13H,2-3,11-12H2,1H3,(H,23,25). The molecule has 28 heavy (non-hydrogen) atoms. The number of nitriles is 1. The minimum atomic E-state index is -3.58. The molecule has 0 bridgehead atoms. The Morgan fingerprint density at radius 3 is 2.43 bits per heavy atom. The van der Waals surface area contributed by atoms with E-state index in [0.29, 0.717) is 24.4 Å². The van der Waals surface area contributed by atoms with E-state index in [4.69, 9.17) is 5.26 Å². The second kappa shape index (κ2) is 8.33. The molecule has 1 aliphatic rings. The number of amides is 1. The number of carbonyl (C=O) groups excluding carboxylic acids is 1. The fraction of sp³-hybridized carbons (Fsp3) is 0.250. The van der Waals surface area contributed by atoms with Gasteiger partial charge in [-0.2, -0.15) is 14.7 Å². The number of nitrogens with zero attached hydrogens (tertiary/aromatic N) is 3. The van der Waals surface area contributed by atoms with Crippen LogP contribution < -0.4 is 5.43 Å². The highest BCUT2D eigenvalue weighted by Crippen LogP contribution is 2.21. The van der Waals surface area contributed by atoms with Crippen molar-refractivity contribution < 1.29 is 13.2 Å². The predicted molar refractivity (Wildman–Crippen MR) is 105 cm³/mol. The second-order valence-electron chi connectivity index (χ2n) is 6.47. The molecule has 1 aliphatic heterocycles. The molecule has 8 heteroatoms. The third-order valence-corrected chi connectivity index (χ3v) is 6.45. The third-order valence-electron chi connectivity index (χ3n) is 4.56. The molecule has 0 aromatic heterocycles. The van der Waals surface area contributed by atoms with Crippen LogP contribution in [-0.2, 0) is 10.0 Å². The molecule has 1 heterocycles. The Kier molecular flexibility index (Phi) is 5.87. The van der Waals surface area contributed by atoms with Crippen LogP contribution in [0.1, 0.15) is 41.3 Å². The molecule has 2 aromatic rings. The Labute approximate surface area is 164 Å². The van der Waals surface area contributed by atoms with Crippen molar-refractivity contribution in [1.82, 2.24) is 9.73 Å². The van der Waals surface area contributed by atoms with E-state index in [1.807, 2.05) is 6.07 Å². The van der Waals surface area contributed by atoms with E-state index >= 15 is 0 Å². The van der Waals surface area contributed by atoms with Crippen molar-refractivity contribution in [2.75, 3.05) is 13.1 Å². The van der Waals surface area contributed by atoms with Gasteiger partial charge in [-0.25, -0.2) is 13.8 Å². The highest BCUT2D eigenvalue weighted by atomic mass is 32.2. The summed E-state index contributed by atoms with van der Waals surface area (Å²) in [7, 11) is -3.58. The smallest absolute Gasteiger partial charge is 0.267 e. The van der Waals surface area contributed by atoms with Gasteiger partial charge in [0.2, 0.25) is 10.0 Å². The number of hydrogen-bond acceptors (Lipinski definition) is 5. The topological polar surface area (TPSA) is 103 Å². The first-order chi connectivity index (χ1) is 13.4. The van der Waals surface area contributed by atoms with Crippen LogP contribution in [0.4, 0.5) is 0 Å². The van der Waals surface area contributed by atoms with Gasteiger partial charge in [-0.3, -0.25) is 4.79 Å². The molecule has 0 radical (unpaired) electrons. The molecule has 0 spiro atoms. The molecule has 0 atom stereocenters. The summed E-state index contributed by atoms with van der Waals surface area (Å²) >= 11 is 0. The SMILES string of the molecule is CC(=NNC(=O)c1cccc(S(=O)(=O)N2CCCC2)c1)c1ccc(C#N)cc1. The number of sulfonamides is 1. The molecule has 0 aliphatic carbocycles. The van der Waals surface area contributed by atoms with E-state index in [-0.39, 0.29) is 10.5 Å². The van der Waals surface area contributed by atoms with Crippen LogP contribution in [0.2, 0.25) is 0 Å². The molecule has 2 aromatic carbocycles. The maximum absolute atomic E-state index is 12.7. The minimum absolute atomic E-state index is 0.106. The molecule has 144 valence electrons. The lowest BCUT2D eigenvalue weighted by Crippen LogP contribution is -2.28. The number of hydrazone groups is 1. The van der Waals surface area contributed by atoms with Crippen molar-refractivity contribution in [3.05, 3.63) is 65.2 Å². The molecule has 1 amide bonds. The van der Waals surface area contributed by atoms with Gasteiger partial charge in [0.25, 0.3) is 5.91 Å². The Balaban J connectivity index is 1.75. The quantitative estimate of drug-likeness (QED) is 0.619. The Hall–Kier alpha value is -3.02. The van der Waals surface area contributed by atoms with Crippen molar-refractivity contribution in [3.63, 3.8) is 0 Å². The molecule has 0 saturated carbocycles. The van der Waals surface area contributed by atoms with Gasteiger partial charge in [-0.1, -0.05) is 18.2 Å². The van der Waals surface area contributed by atoms with E-state index in [2.05, 4.69) is 10.5 Å². The highest BCUT2D eigenvalue weighted by Gasteiger charge is 2.27. The molecular formula is C20H20N4O3S. The zero-order valence-electron chi connectivity index (χ0n) is 15.4. The van der Waals surface area contributed by atoms with Gasteiger partial charge in [0.1, 0.15) is 0 Å². The molecule has 1 N–H and O–H groups in total. The van der Waals surface area contributed by atoms with Crippen molar-refractivity contribution in [2.45, 2.75) is 24.7 Å². The third kappa shape index (κ3) is 4.27. The first kappa shape index (κ1) is 19.7. The van der Waals surface area contributed by atoms with E-state index in [1.165, 1.54) is 16.4 Å². The van der Waals surface area contributed by atoms with E-state index < -0.39 is 15.9 Å². The first-order valence-electron chi connectivity index (χ1n) is 8.87. The van der Waals surface area contributed by atoms with Gasteiger partial charge in [0.05, 0.1) is 22.2 Å². The van der Waals surface area contributed by atoms with Gasteiger partial charge >= 0.3 is 0 Å². The summed E-state index contributed by atoms with van der Waals surface area (Å²) in [6.07, 6.45) is 1.70. The summed E-state index contributed by atoms with van der Waals surface area (Å²) in [4.78, 5) is 12.5. The van der Waals surface area contributed by atoms with Crippen LogP contribution in [0, 0.1) is 11.3 Å². The van der Waals surface area contributed by atoms with Crippen molar-refractivity contribution in [2.24, 2.45) is 5.10 Å². The normalized spacial score (nSPS) is 15.2. The summed E-state index contributed by atoms with van der Waals surface area (Å²) < 4.78 is 26.8. The molecular weight excluding hydrogens is 376 g/mol. The van der Waals surface area contributed by atoms with Crippen LogP contribution in [0.15, 0.2) is 58.5 Å². The van der Waals surface area contributed by atoms with Gasteiger partial charge in [-0.15, -0.1) is 0 Å². The lowest BCUT2D eigenvalue weighted by molar-refractivity contribution is 0.0954. The monoisotopic (exact) mass is 396 g/mol. The first-order valence-corrected chi connectivity index (χ1v) is 10.3. The number of carbonyl (C=O) groups is 1. The largest absolute Gasteiger partial charge is 0.271 e. The fourth-order valence-electron chi connectivity index (χ4n) is 2.93. The van der Waals surface area contributed by atoms with Gasteiger partial charge < -0.3 is 0 Å². The maximum Gasteiger partial charge on any atom is 0.271 e. The highest BCUT2D eigenvalue weighted by molar-refractivity contribution is 7.89. The molecule has 1 saturated heterocycles. The van der Waals surface area contributed by atoms with Gasteiger partial charge in [0, 0.05) is 18.7 Å². The average molecular weight is 396 g/mol. The minimum Gasteiger partial charge on any atom is -0.267 e. The summed E-state index contributed by atoms with van der Waals surface area (Å²) in [6, 6.07) is 14.8. The summed E-state index contributed by atoms with van der Waals surface area (Å²) in [6.45, 7) is 2.75. The van der Waals surface area contributed by atoms with E-state index in [1.54, 1.807) is 43.3 Å². The molecule has 7 nitrogen and oxygen atoms in total. The summed E-state index contributed by atoms with van der Waals surface area (Å²) in [5.74, 6) is -0.494. The predicted octanol–water partition coefficient (Wildman–Crippen LogP) is 2.50. The van der Waals surface area contributed by atoms with Crippen LogP contribution >= 0.6 is 0 Å². The van der Waals surface area contributed by atoms with Crippen LogP contribution in [-0.4, -0.2) is 37.4 Å². The summed E-state index contributed by atoms with van der Waals surface area (Å²) in [5, 5.41) is 12.9. The van der Waals surface area contributed by atoms with Crippen LogP contribution in [0.25, 0.3) is 0 Å². The number of hydrogen-bond donors (Lipinski definition) is 1.